The predicted octanol–water partition coefficient (Wildman–Crippen LogP) is 4.78. The van der Waals surface area contributed by atoms with Crippen LogP contribution in [0.1, 0.15) is 75.8 Å². The molecule has 0 unspecified atom stereocenters. The number of hydrogen-bond donors (Lipinski definition) is 2. The Morgan fingerprint density at radius 1 is 1.23 bits per heavy atom. The first kappa shape index (κ1) is 24.4. The Morgan fingerprint density at radius 2 is 2.03 bits per heavy atom. The fraction of sp³-hybridized carbons (Fsp3) is 0.591. The Hall–Kier alpha value is -1.84. The fourth-order valence-electron chi connectivity index (χ4n) is 3.30. The molecule has 1 fully saturated rings. The number of nitrogens with zero attached hydrogens (tertiary/aromatic N) is 3. The van der Waals surface area contributed by atoms with Gasteiger partial charge in [-0.2, -0.15) is 0 Å². The van der Waals surface area contributed by atoms with Gasteiger partial charge in [0.15, 0.2) is 11.7 Å². The summed E-state index contributed by atoms with van der Waals surface area (Å²) in [6, 6.07) is 5.96. The van der Waals surface area contributed by atoms with Gasteiger partial charge in [-0.3, -0.25) is 0 Å². The smallest absolute Gasteiger partial charge is 0.213 e. The number of halogens is 1. The van der Waals surface area contributed by atoms with Crippen molar-refractivity contribution in [2.75, 3.05) is 6.54 Å². The van der Waals surface area contributed by atoms with Gasteiger partial charge in [-0.1, -0.05) is 31.5 Å². The maximum atomic E-state index is 5.99. The average molecular weight is 527 g/mol. The maximum absolute atomic E-state index is 5.99. The highest BCUT2D eigenvalue weighted by molar-refractivity contribution is 14.0. The Morgan fingerprint density at radius 3 is 2.67 bits per heavy atom. The number of rotatable bonds is 8. The Labute approximate surface area is 196 Å². The van der Waals surface area contributed by atoms with Crippen LogP contribution in [0.25, 0.3) is 0 Å². The van der Waals surface area contributed by atoms with Crippen molar-refractivity contribution in [2.24, 2.45) is 4.99 Å². The molecule has 3 rings (SSSR count). The van der Waals surface area contributed by atoms with Gasteiger partial charge >= 0.3 is 0 Å². The summed E-state index contributed by atoms with van der Waals surface area (Å²) in [5, 5.41) is 10.6. The van der Waals surface area contributed by atoms with Crippen LogP contribution in [-0.4, -0.2) is 28.7 Å². The van der Waals surface area contributed by atoms with Crippen molar-refractivity contribution in [3.05, 3.63) is 41.4 Å². The topological polar surface area (TPSA) is 84.6 Å². The van der Waals surface area contributed by atoms with Crippen LogP contribution in [0.15, 0.2) is 33.9 Å². The average Bonchev–Trinajstić information content (AvgIpc) is 3.21. The SMILES string of the molecule is CCNC(=NCc1ccc(OC2CCCCC2)nc1)NCc1cc(C(C)C)no1.I. The number of aliphatic imine (C=N–C) groups is 1. The molecule has 0 saturated heterocycles. The summed E-state index contributed by atoms with van der Waals surface area (Å²) in [4.78, 5) is 9.09. The third-order valence-corrected chi connectivity index (χ3v) is 5.00. The van der Waals surface area contributed by atoms with E-state index in [2.05, 4.69) is 39.6 Å². The van der Waals surface area contributed by atoms with Crippen molar-refractivity contribution < 1.29 is 9.26 Å². The Balaban J connectivity index is 0.00000320. The van der Waals surface area contributed by atoms with Crippen LogP contribution in [0.2, 0.25) is 0 Å². The van der Waals surface area contributed by atoms with E-state index >= 15 is 0 Å². The van der Waals surface area contributed by atoms with Crippen molar-refractivity contribution in [1.82, 2.24) is 20.8 Å². The minimum Gasteiger partial charge on any atom is -0.474 e. The molecule has 1 aliphatic carbocycles. The maximum Gasteiger partial charge on any atom is 0.213 e. The number of aromatic nitrogens is 2. The van der Waals surface area contributed by atoms with Crippen LogP contribution in [-0.2, 0) is 13.1 Å². The number of pyridine rings is 1. The molecule has 30 heavy (non-hydrogen) atoms. The highest BCUT2D eigenvalue weighted by atomic mass is 127. The molecule has 0 amide bonds. The van der Waals surface area contributed by atoms with Crippen molar-refractivity contribution in [3.8, 4) is 5.88 Å². The van der Waals surface area contributed by atoms with Gasteiger partial charge in [0.25, 0.3) is 0 Å². The van der Waals surface area contributed by atoms with Gasteiger partial charge in [-0.05, 0) is 44.1 Å². The summed E-state index contributed by atoms with van der Waals surface area (Å²) in [6.45, 7) is 8.10. The molecule has 2 N–H and O–H groups in total. The number of ether oxygens (including phenoxy) is 1. The van der Waals surface area contributed by atoms with Gasteiger partial charge in [0, 0.05) is 24.9 Å². The second kappa shape index (κ2) is 12.8. The summed E-state index contributed by atoms with van der Waals surface area (Å²) in [7, 11) is 0. The molecular formula is C22H34IN5O2. The first-order valence-corrected chi connectivity index (χ1v) is 10.7. The van der Waals surface area contributed by atoms with Crippen LogP contribution in [0, 0.1) is 0 Å². The monoisotopic (exact) mass is 527 g/mol. The van der Waals surface area contributed by atoms with E-state index in [9.17, 15) is 0 Å². The van der Waals surface area contributed by atoms with Gasteiger partial charge in [0.05, 0.1) is 18.8 Å². The minimum atomic E-state index is 0. The number of hydrogen-bond acceptors (Lipinski definition) is 5. The largest absolute Gasteiger partial charge is 0.474 e. The van der Waals surface area contributed by atoms with Gasteiger partial charge in [-0.15, -0.1) is 24.0 Å². The van der Waals surface area contributed by atoms with E-state index in [1.807, 2.05) is 31.3 Å². The standard InChI is InChI=1S/C22H33N5O2.HI/c1-4-23-22(26-15-19-12-20(16(2)3)27-29-19)25-14-17-10-11-21(24-13-17)28-18-8-6-5-7-9-18;/h10-13,16,18H,4-9,14-15H2,1-3H3,(H2,23,25,26);1H. The second-order valence-electron chi connectivity index (χ2n) is 7.80. The summed E-state index contributed by atoms with van der Waals surface area (Å²) in [5.74, 6) is 2.59. The van der Waals surface area contributed by atoms with Gasteiger partial charge < -0.3 is 19.9 Å². The molecule has 166 valence electrons. The molecule has 2 aromatic heterocycles. The fourth-order valence-corrected chi connectivity index (χ4v) is 3.30. The lowest BCUT2D eigenvalue weighted by Crippen LogP contribution is -2.36. The van der Waals surface area contributed by atoms with Crippen molar-refractivity contribution in [3.63, 3.8) is 0 Å². The van der Waals surface area contributed by atoms with E-state index in [1.165, 1.54) is 19.3 Å². The zero-order valence-corrected chi connectivity index (χ0v) is 20.5. The molecule has 0 aliphatic heterocycles. The van der Waals surface area contributed by atoms with Crippen LogP contribution in [0.3, 0.4) is 0 Å². The van der Waals surface area contributed by atoms with Crippen LogP contribution in [0.5, 0.6) is 5.88 Å². The highest BCUT2D eigenvalue weighted by Gasteiger charge is 2.15. The molecular weight excluding hydrogens is 493 g/mol. The van der Waals surface area contributed by atoms with Crippen LogP contribution in [0.4, 0.5) is 0 Å². The van der Waals surface area contributed by atoms with Gasteiger partial charge in [0.2, 0.25) is 5.88 Å². The molecule has 1 saturated carbocycles. The molecule has 1 aliphatic rings. The zero-order valence-electron chi connectivity index (χ0n) is 18.2. The lowest BCUT2D eigenvalue weighted by Gasteiger charge is -2.22. The predicted molar refractivity (Wildman–Crippen MR) is 129 cm³/mol. The van der Waals surface area contributed by atoms with E-state index in [-0.39, 0.29) is 24.0 Å². The van der Waals surface area contributed by atoms with Crippen LogP contribution >= 0.6 is 24.0 Å². The van der Waals surface area contributed by atoms with E-state index in [0.717, 1.165) is 42.4 Å². The summed E-state index contributed by atoms with van der Waals surface area (Å²) in [6.07, 6.45) is 8.26. The molecule has 0 aromatic carbocycles. The Kier molecular flexibility index (Phi) is 10.4. The molecule has 0 spiro atoms. The molecule has 0 atom stereocenters. The lowest BCUT2D eigenvalue weighted by atomic mass is 9.98. The molecule has 2 aromatic rings. The normalized spacial score (nSPS) is 15.0. The third-order valence-electron chi connectivity index (χ3n) is 5.00. The molecule has 8 heteroatoms. The zero-order chi connectivity index (χ0) is 20.5. The van der Waals surface area contributed by atoms with Crippen molar-refractivity contribution in [1.29, 1.82) is 0 Å². The third kappa shape index (κ3) is 7.77. The van der Waals surface area contributed by atoms with Crippen molar-refractivity contribution in [2.45, 2.75) is 78.0 Å². The van der Waals surface area contributed by atoms with E-state index in [1.54, 1.807) is 0 Å². The number of guanidine groups is 1. The summed E-state index contributed by atoms with van der Waals surface area (Å²) >= 11 is 0. The molecule has 7 nitrogen and oxygen atoms in total. The van der Waals surface area contributed by atoms with Gasteiger partial charge in [0.1, 0.15) is 6.10 Å². The molecule has 2 heterocycles. The van der Waals surface area contributed by atoms with E-state index in [0.29, 0.717) is 31.0 Å². The highest BCUT2D eigenvalue weighted by Crippen LogP contribution is 2.22. The number of nitrogens with one attached hydrogen (secondary N) is 2. The van der Waals surface area contributed by atoms with E-state index in [4.69, 9.17) is 9.26 Å². The second-order valence-corrected chi connectivity index (χ2v) is 7.80. The minimum absolute atomic E-state index is 0. The Bertz CT molecular complexity index is 770. The summed E-state index contributed by atoms with van der Waals surface area (Å²) < 4.78 is 11.4. The lowest BCUT2D eigenvalue weighted by molar-refractivity contribution is 0.148. The quantitative estimate of drug-likeness (QED) is 0.292. The summed E-state index contributed by atoms with van der Waals surface area (Å²) in [5.41, 5.74) is 2.00. The van der Waals surface area contributed by atoms with Gasteiger partial charge in [-0.25, -0.2) is 9.98 Å². The molecule has 0 bridgehead atoms. The molecule has 0 radical (unpaired) electrons. The first-order valence-electron chi connectivity index (χ1n) is 10.7. The van der Waals surface area contributed by atoms with Crippen LogP contribution < -0.4 is 15.4 Å². The van der Waals surface area contributed by atoms with Crippen molar-refractivity contribution >= 4 is 29.9 Å². The van der Waals surface area contributed by atoms with E-state index < -0.39 is 0 Å². The first-order chi connectivity index (χ1) is 14.1.